The molecule has 0 bridgehead atoms. The molecular formula is C15H12BrNO4. The summed E-state index contributed by atoms with van der Waals surface area (Å²) in [7, 11) is 0. The van der Waals surface area contributed by atoms with Crippen molar-refractivity contribution in [2.24, 2.45) is 0 Å². The molecular weight excluding hydrogens is 338 g/mol. The number of nitrogens with zero attached hydrogens (tertiary/aromatic N) is 1. The Labute approximate surface area is 129 Å². The summed E-state index contributed by atoms with van der Waals surface area (Å²) in [6, 6.07) is 11.9. The summed E-state index contributed by atoms with van der Waals surface area (Å²) >= 11 is 3.35. The molecule has 5 nitrogen and oxygen atoms in total. The third kappa shape index (κ3) is 3.46. The Balaban J connectivity index is 2.20. The van der Waals surface area contributed by atoms with Gasteiger partial charge < -0.3 is 4.74 Å². The molecule has 2 aromatic rings. The summed E-state index contributed by atoms with van der Waals surface area (Å²) in [4.78, 5) is 22.6. The highest BCUT2D eigenvalue weighted by atomic mass is 79.9. The van der Waals surface area contributed by atoms with Crippen LogP contribution in [-0.4, -0.2) is 10.9 Å². The molecule has 0 fully saturated rings. The van der Waals surface area contributed by atoms with Gasteiger partial charge in [0.1, 0.15) is 12.2 Å². The number of carbonyl (C=O) groups is 1. The fourth-order valence-electron chi connectivity index (χ4n) is 1.90. The smallest absolute Gasteiger partial charge is 0.345 e. The standard InChI is InChI=1S/C15H12BrNO4/c1-10-5-4-7-12(14(10)17(19)20)15(18)21-9-11-6-2-3-8-13(11)16/h2-8H,9H2,1H3. The maximum atomic E-state index is 12.1. The van der Waals surface area contributed by atoms with Crippen molar-refractivity contribution in [3.63, 3.8) is 0 Å². The monoisotopic (exact) mass is 349 g/mol. The minimum absolute atomic E-state index is 0.0351. The van der Waals surface area contributed by atoms with Crippen LogP contribution in [0.15, 0.2) is 46.9 Å². The molecule has 0 saturated heterocycles. The molecule has 2 aromatic carbocycles. The van der Waals surface area contributed by atoms with Crippen LogP contribution in [0, 0.1) is 17.0 Å². The van der Waals surface area contributed by atoms with Gasteiger partial charge in [-0.05, 0) is 19.1 Å². The van der Waals surface area contributed by atoms with Crippen LogP contribution in [0.5, 0.6) is 0 Å². The number of aryl methyl sites for hydroxylation is 1. The number of hydrogen-bond acceptors (Lipinski definition) is 4. The Morgan fingerprint density at radius 1 is 1.24 bits per heavy atom. The zero-order valence-corrected chi connectivity index (χ0v) is 12.8. The van der Waals surface area contributed by atoms with E-state index in [1.54, 1.807) is 19.1 Å². The number of nitro groups is 1. The van der Waals surface area contributed by atoms with Crippen LogP contribution in [-0.2, 0) is 11.3 Å². The lowest BCUT2D eigenvalue weighted by Gasteiger charge is -2.08. The van der Waals surface area contributed by atoms with Crippen molar-refractivity contribution in [2.75, 3.05) is 0 Å². The Morgan fingerprint density at radius 3 is 2.62 bits per heavy atom. The fourth-order valence-corrected chi connectivity index (χ4v) is 2.30. The lowest BCUT2D eigenvalue weighted by atomic mass is 10.1. The highest BCUT2D eigenvalue weighted by Gasteiger charge is 2.23. The van der Waals surface area contributed by atoms with E-state index in [1.165, 1.54) is 6.07 Å². The molecule has 0 amide bonds. The SMILES string of the molecule is Cc1cccc(C(=O)OCc2ccccc2Br)c1[N+](=O)[O-]. The molecule has 0 spiro atoms. The van der Waals surface area contributed by atoms with Crippen molar-refractivity contribution in [3.05, 3.63) is 73.7 Å². The number of carbonyl (C=O) groups excluding carboxylic acids is 1. The molecule has 21 heavy (non-hydrogen) atoms. The maximum Gasteiger partial charge on any atom is 0.345 e. The zero-order valence-electron chi connectivity index (χ0n) is 11.2. The lowest BCUT2D eigenvalue weighted by molar-refractivity contribution is -0.385. The van der Waals surface area contributed by atoms with Gasteiger partial charge in [-0.2, -0.15) is 0 Å². The number of rotatable bonds is 4. The third-order valence-electron chi connectivity index (χ3n) is 2.96. The van der Waals surface area contributed by atoms with Crippen LogP contribution in [0.2, 0.25) is 0 Å². The quantitative estimate of drug-likeness (QED) is 0.474. The Kier molecular flexibility index (Phi) is 4.70. The molecule has 2 rings (SSSR count). The highest BCUT2D eigenvalue weighted by molar-refractivity contribution is 9.10. The van der Waals surface area contributed by atoms with Crippen LogP contribution in [0.25, 0.3) is 0 Å². The molecule has 0 radical (unpaired) electrons. The third-order valence-corrected chi connectivity index (χ3v) is 3.73. The first-order valence-corrected chi connectivity index (χ1v) is 6.94. The van der Waals surface area contributed by atoms with E-state index in [1.807, 2.05) is 24.3 Å². The van der Waals surface area contributed by atoms with E-state index in [4.69, 9.17) is 4.74 Å². The van der Waals surface area contributed by atoms with Gasteiger partial charge in [0.15, 0.2) is 0 Å². The van der Waals surface area contributed by atoms with E-state index in [-0.39, 0.29) is 17.9 Å². The van der Waals surface area contributed by atoms with E-state index < -0.39 is 10.9 Å². The van der Waals surface area contributed by atoms with E-state index >= 15 is 0 Å². The van der Waals surface area contributed by atoms with Crippen LogP contribution in [0.1, 0.15) is 21.5 Å². The normalized spacial score (nSPS) is 10.2. The Morgan fingerprint density at radius 2 is 1.95 bits per heavy atom. The number of benzene rings is 2. The molecule has 0 atom stereocenters. The average Bonchev–Trinajstić information content (AvgIpc) is 2.45. The summed E-state index contributed by atoms with van der Waals surface area (Å²) in [6.07, 6.45) is 0. The highest BCUT2D eigenvalue weighted by Crippen LogP contribution is 2.24. The summed E-state index contributed by atoms with van der Waals surface area (Å²) in [5.41, 5.74) is 0.971. The first-order valence-electron chi connectivity index (χ1n) is 6.15. The number of halogens is 1. The predicted molar refractivity (Wildman–Crippen MR) is 81.1 cm³/mol. The predicted octanol–water partition coefficient (Wildman–Crippen LogP) is 4.02. The van der Waals surface area contributed by atoms with Gasteiger partial charge in [-0.25, -0.2) is 4.79 Å². The van der Waals surface area contributed by atoms with Gasteiger partial charge in [0, 0.05) is 15.6 Å². The first-order chi connectivity index (χ1) is 10.0. The second-order valence-electron chi connectivity index (χ2n) is 4.40. The van der Waals surface area contributed by atoms with E-state index in [9.17, 15) is 14.9 Å². The Bertz CT molecular complexity index is 700. The average molecular weight is 350 g/mol. The van der Waals surface area contributed by atoms with Crippen LogP contribution >= 0.6 is 15.9 Å². The molecule has 0 saturated carbocycles. The van der Waals surface area contributed by atoms with Crippen LogP contribution in [0.3, 0.4) is 0 Å². The van der Waals surface area contributed by atoms with Gasteiger partial charge in [0.05, 0.1) is 4.92 Å². The van der Waals surface area contributed by atoms with Gasteiger partial charge in [-0.1, -0.05) is 46.3 Å². The molecule has 0 unspecified atom stereocenters. The fraction of sp³-hybridized carbons (Fsp3) is 0.133. The molecule has 0 N–H and O–H groups in total. The van der Waals surface area contributed by atoms with Crippen molar-refractivity contribution >= 4 is 27.6 Å². The van der Waals surface area contributed by atoms with Crippen LogP contribution < -0.4 is 0 Å². The zero-order chi connectivity index (χ0) is 15.4. The lowest BCUT2D eigenvalue weighted by Crippen LogP contribution is -2.09. The van der Waals surface area contributed by atoms with Gasteiger partial charge in [0.2, 0.25) is 0 Å². The summed E-state index contributed by atoms with van der Waals surface area (Å²) in [6.45, 7) is 1.63. The van der Waals surface area contributed by atoms with E-state index in [0.29, 0.717) is 5.56 Å². The molecule has 0 aliphatic carbocycles. The Hall–Kier alpha value is -2.21. The number of hydrogen-bond donors (Lipinski definition) is 0. The van der Waals surface area contributed by atoms with Gasteiger partial charge in [-0.3, -0.25) is 10.1 Å². The number of para-hydroxylation sites is 1. The van der Waals surface area contributed by atoms with E-state index in [2.05, 4.69) is 15.9 Å². The van der Waals surface area contributed by atoms with Crippen molar-refractivity contribution in [1.82, 2.24) is 0 Å². The second-order valence-corrected chi connectivity index (χ2v) is 5.25. The van der Waals surface area contributed by atoms with E-state index in [0.717, 1.165) is 10.0 Å². The minimum atomic E-state index is -0.707. The molecule has 0 aliphatic heterocycles. The van der Waals surface area contributed by atoms with Gasteiger partial charge in [0.25, 0.3) is 5.69 Å². The van der Waals surface area contributed by atoms with Crippen molar-refractivity contribution < 1.29 is 14.5 Å². The second kappa shape index (κ2) is 6.49. The first kappa shape index (κ1) is 15.2. The number of ether oxygens (including phenoxy) is 1. The molecule has 0 aromatic heterocycles. The van der Waals surface area contributed by atoms with Gasteiger partial charge in [-0.15, -0.1) is 0 Å². The molecule has 0 aliphatic rings. The molecule has 0 heterocycles. The minimum Gasteiger partial charge on any atom is -0.457 e. The molecule has 6 heteroatoms. The largest absolute Gasteiger partial charge is 0.457 e. The summed E-state index contributed by atoms with van der Waals surface area (Å²) in [5.74, 6) is -0.707. The number of nitro benzene ring substituents is 1. The van der Waals surface area contributed by atoms with Crippen molar-refractivity contribution in [1.29, 1.82) is 0 Å². The maximum absolute atomic E-state index is 12.1. The van der Waals surface area contributed by atoms with Crippen molar-refractivity contribution in [3.8, 4) is 0 Å². The van der Waals surface area contributed by atoms with Crippen LogP contribution in [0.4, 0.5) is 5.69 Å². The number of esters is 1. The topological polar surface area (TPSA) is 69.4 Å². The summed E-state index contributed by atoms with van der Waals surface area (Å²) < 4.78 is 5.98. The molecule has 108 valence electrons. The van der Waals surface area contributed by atoms with Crippen molar-refractivity contribution in [2.45, 2.75) is 13.5 Å². The summed E-state index contributed by atoms with van der Waals surface area (Å²) in [5, 5.41) is 11.1. The van der Waals surface area contributed by atoms with Gasteiger partial charge >= 0.3 is 5.97 Å².